The highest BCUT2D eigenvalue weighted by atomic mass is 79.9. The Labute approximate surface area is 220 Å². The fourth-order valence-corrected chi connectivity index (χ4v) is 7.07. The second kappa shape index (κ2) is 9.24. The summed E-state index contributed by atoms with van der Waals surface area (Å²) in [6.45, 7) is 2.27. The van der Waals surface area contributed by atoms with Gasteiger partial charge in [0.05, 0.1) is 12.0 Å². The monoisotopic (exact) mass is 546 g/mol. The number of nitrogens with one attached hydrogen (secondary N) is 1. The van der Waals surface area contributed by atoms with Crippen molar-refractivity contribution in [3.05, 3.63) is 111 Å². The molecule has 2 unspecified atom stereocenters. The molecule has 0 aromatic heterocycles. The van der Waals surface area contributed by atoms with Crippen molar-refractivity contribution in [1.29, 1.82) is 0 Å². The summed E-state index contributed by atoms with van der Waals surface area (Å²) in [4.78, 5) is 16.4. The van der Waals surface area contributed by atoms with Gasteiger partial charge in [0, 0.05) is 40.5 Å². The molecule has 3 nitrogen and oxygen atoms in total. The maximum atomic E-state index is 14.2. The molecule has 2 fully saturated rings. The third-order valence-corrected chi connectivity index (χ3v) is 9.16. The number of hydrogen-bond donors (Lipinski definition) is 1. The summed E-state index contributed by atoms with van der Waals surface area (Å²) in [5, 5.41) is 4.21. The first kappa shape index (κ1) is 23.0. The molecule has 5 heteroatoms. The van der Waals surface area contributed by atoms with E-state index in [2.05, 4.69) is 92.9 Å². The van der Waals surface area contributed by atoms with Crippen LogP contribution in [-0.2, 0) is 10.2 Å². The second-order valence-electron chi connectivity index (χ2n) is 10.0. The van der Waals surface area contributed by atoms with Crippen molar-refractivity contribution < 1.29 is 4.79 Å². The number of amides is 1. The highest BCUT2D eigenvalue weighted by molar-refractivity contribution is 9.10. The lowest BCUT2D eigenvalue weighted by Gasteiger charge is -2.46. The summed E-state index contributed by atoms with van der Waals surface area (Å²) in [6, 6.07) is 25.1. The van der Waals surface area contributed by atoms with Crippen LogP contribution in [0.3, 0.4) is 0 Å². The second-order valence-corrected chi connectivity index (χ2v) is 11.3. The van der Waals surface area contributed by atoms with Crippen LogP contribution in [0.25, 0.3) is 6.08 Å². The van der Waals surface area contributed by atoms with E-state index in [9.17, 15) is 4.79 Å². The van der Waals surface area contributed by atoms with Crippen molar-refractivity contribution in [3.8, 4) is 0 Å². The Balaban J connectivity index is 1.35. The van der Waals surface area contributed by atoms with E-state index in [4.69, 9.17) is 11.6 Å². The Morgan fingerprint density at radius 1 is 1.00 bits per heavy atom. The van der Waals surface area contributed by atoms with Crippen LogP contribution in [0.5, 0.6) is 0 Å². The van der Waals surface area contributed by atoms with E-state index in [1.807, 2.05) is 18.2 Å². The Morgan fingerprint density at radius 3 is 2.60 bits per heavy atom. The van der Waals surface area contributed by atoms with Gasteiger partial charge in [0.1, 0.15) is 0 Å². The quantitative estimate of drug-likeness (QED) is 0.394. The summed E-state index contributed by atoms with van der Waals surface area (Å²) in [6.07, 6.45) is 6.46. The smallest absolute Gasteiger partial charge is 0.228 e. The average Bonchev–Trinajstić information content (AvgIpc) is 3.50. The van der Waals surface area contributed by atoms with E-state index in [1.165, 1.54) is 16.7 Å². The van der Waals surface area contributed by atoms with Crippen LogP contribution in [-0.4, -0.2) is 30.4 Å². The first-order valence-corrected chi connectivity index (χ1v) is 13.5. The van der Waals surface area contributed by atoms with Crippen molar-refractivity contribution >= 4 is 39.5 Å². The fourth-order valence-electron chi connectivity index (χ4n) is 6.36. The topological polar surface area (TPSA) is 32.3 Å². The molecule has 35 heavy (non-hydrogen) atoms. The van der Waals surface area contributed by atoms with Gasteiger partial charge in [-0.3, -0.25) is 4.79 Å². The highest BCUT2D eigenvalue weighted by Crippen LogP contribution is 2.50. The molecule has 4 atom stereocenters. The van der Waals surface area contributed by atoms with Gasteiger partial charge in [-0.1, -0.05) is 94.3 Å². The van der Waals surface area contributed by atoms with Crippen LogP contribution in [0.15, 0.2) is 83.3 Å². The van der Waals surface area contributed by atoms with Crippen LogP contribution in [0.4, 0.5) is 0 Å². The van der Waals surface area contributed by atoms with Gasteiger partial charge in [-0.15, -0.1) is 0 Å². The molecule has 6 rings (SSSR count). The predicted molar refractivity (Wildman–Crippen MR) is 146 cm³/mol. The van der Waals surface area contributed by atoms with Gasteiger partial charge in [0.25, 0.3) is 0 Å². The molecule has 2 saturated heterocycles. The molecule has 3 aromatic carbocycles. The molecular weight excluding hydrogens is 520 g/mol. The molecule has 2 heterocycles. The maximum absolute atomic E-state index is 14.2. The lowest BCUT2D eigenvalue weighted by Crippen LogP contribution is -2.49. The van der Waals surface area contributed by atoms with Gasteiger partial charge in [-0.05, 0) is 53.3 Å². The molecule has 0 saturated carbocycles. The van der Waals surface area contributed by atoms with Crippen LogP contribution in [0, 0.1) is 5.92 Å². The lowest BCUT2D eigenvalue weighted by molar-refractivity contribution is -0.140. The number of benzene rings is 3. The van der Waals surface area contributed by atoms with Gasteiger partial charge in [-0.25, -0.2) is 0 Å². The predicted octanol–water partition coefficient (Wildman–Crippen LogP) is 6.73. The first-order valence-electron chi connectivity index (χ1n) is 12.4. The summed E-state index contributed by atoms with van der Waals surface area (Å²) in [5.41, 5.74) is 5.02. The number of carbonyl (C=O) groups excluding carboxylic acids is 1. The van der Waals surface area contributed by atoms with Gasteiger partial charge in [-0.2, -0.15) is 0 Å². The zero-order chi connectivity index (χ0) is 24.0. The number of piperidine rings is 1. The summed E-state index contributed by atoms with van der Waals surface area (Å²) < 4.78 is 1.08. The SMILES string of the molecule is O=C([C@@H]1CNC[C@H]1c1ccccc1Br)N1CCC2(C=Cc3ccccc32)CC1c1ccc(Cl)cc1. The highest BCUT2D eigenvalue weighted by Gasteiger charge is 2.47. The van der Waals surface area contributed by atoms with Gasteiger partial charge in [0.15, 0.2) is 0 Å². The van der Waals surface area contributed by atoms with Crippen LogP contribution in [0.1, 0.15) is 47.1 Å². The van der Waals surface area contributed by atoms with E-state index in [-0.39, 0.29) is 29.2 Å². The van der Waals surface area contributed by atoms with E-state index < -0.39 is 0 Å². The Kier molecular flexibility index (Phi) is 6.08. The normalized spacial score (nSPS) is 27.4. The van der Waals surface area contributed by atoms with E-state index in [1.54, 1.807) is 0 Å². The average molecular weight is 548 g/mol. The van der Waals surface area contributed by atoms with E-state index in [0.29, 0.717) is 6.54 Å². The molecule has 1 aliphatic carbocycles. The van der Waals surface area contributed by atoms with Crippen molar-refractivity contribution in [1.82, 2.24) is 10.2 Å². The summed E-state index contributed by atoms with van der Waals surface area (Å²) >= 11 is 9.96. The van der Waals surface area contributed by atoms with Gasteiger partial charge >= 0.3 is 0 Å². The number of halogens is 2. The molecule has 0 radical (unpaired) electrons. The molecular formula is C30H28BrClN2O. The zero-order valence-corrected chi connectivity index (χ0v) is 21.8. The number of nitrogens with zero attached hydrogens (tertiary/aromatic N) is 1. The lowest BCUT2D eigenvalue weighted by atomic mass is 9.70. The van der Waals surface area contributed by atoms with Gasteiger partial charge < -0.3 is 10.2 Å². The molecule has 1 spiro atoms. The number of allylic oxidation sites excluding steroid dienone is 1. The van der Waals surface area contributed by atoms with E-state index in [0.717, 1.165) is 41.0 Å². The maximum Gasteiger partial charge on any atom is 0.228 e. The third kappa shape index (κ3) is 4.06. The molecule has 178 valence electrons. The number of likely N-dealkylation sites (tertiary alicyclic amines) is 1. The standard InChI is InChI=1S/C30H28BrClN2O/c31-27-8-4-2-6-23(27)24-18-33-19-25(24)29(35)34-16-15-30(14-13-20-5-1-3-7-26(20)30)17-28(34)21-9-11-22(32)12-10-21/h1-14,24-25,28,33H,15-19H2/t24-,25+,28?,30?/m0/s1. The fraction of sp³-hybridized carbons (Fsp3) is 0.300. The molecule has 0 bridgehead atoms. The van der Waals surface area contributed by atoms with Crippen LogP contribution < -0.4 is 5.32 Å². The van der Waals surface area contributed by atoms with Crippen molar-refractivity contribution in [2.75, 3.05) is 19.6 Å². The summed E-state index contributed by atoms with van der Waals surface area (Å²) in [7, 11) is 0. The van der Waals surface area contributed by atoms with Crippen molar-refractivity contribution in [2.45, 2.75) is 30.2 Å². The number of fused-ring (bicyclic) bond motifs is 2. The number of carbonyl (C=O) groups is 1. The Morgan fingerprint density at radius 2 is 1.77 bits per heavy atom. The zero-order valence-electron chi connectivity index (χ0n) is 19.5. The Hall–Kier alpha value is -2.40. The molecule has 1 N–H and O–H groups in total. The van der Waals surface area contributed by atoms with Gasteiger partial charge in [0.2, 0.25) is 5.91 Å². The number of rotatable bonds is 3. The first-order chi connectivity index (χ1) is 17.1. The minimum atomic E-state index is -0.0797. The van der Waals surface area contributed by atoms with Crippen molar-refractivity contribution in [2.24, 2.45) is 5.92 Å². The largest absolute Gasteiger partial charge is 0.335 e. The van der Waals surface area contributed by atoms with Crippen LogP contribution >= 0.6 is 27.5 Å². The number of hydrogen-bond acceptors (Lipinski definition) is 2. The van der Waals surface area contributed by atoms with Crippen LogP contribution in [0.2, 0.25) is 5.02 Å². The van der Waals surface area contributed by atoms with E-state index >= 15 is 0 Å². The Bertz CT molecular complexity index is 1290. The molecule has 3 aromatic rings. The minimum Gasteiger partial charge on any atom is -0.335 e. The minimum absolute atomic E-state index is 0.00443. The molecule has 1 amide bonds. The molecule has 2 aliphatic heterocycles. The third-order valence-electron chi connectivity index (χ3n) is 8.19. The summed E-state index contributed by atoms with van der Waals surface area (Å²) in [5.74, 6) is 0.330. The molecule has 3 aliphatic rings. The van der Waals surface area contributed by atoms with Crippen molar-refractivity contribution in [3.63, 3.8) is 0 Å².